The minimum Gasteiger partial charge on any atom is -0.352 e. The Morgan fingerprint density at radius 3 is 2.74 bits per heavy atom. The molecule has 0 fully saturated rings. The number of nitrogens with zero attached hydrogens (tertiary/aromatic N) is 3. The predicted octanol–water partition coefficient (Wildman–Crippen LogP) is 3.88. The second kappa shape index (κ2) is 7.28. The number of carbonyl (C=O) groups is 1. The number of halogens is 1. The lowest BCUT2D eigenvalue weighted by molar-refractivity contribution is 0.0954. The average molecular weight is 380 g/mol. The quantitative estimate of drug-likeness (QED) is 0.572. The number of nitrogens with one attached hydrogen (secondary N) is 1. The van der Waals surface area contributed by atoms with Crippen molar-refractivity contribution in [1.29, 1.82) is 0 Å². The Morgan fingerprint density at radius 1 is 1.19 bits per heavy atom. The molecule has 2 heterocycles. The van der Waals surface area contributed by atoms with Crippen LogP contribution in [0.1, 0.15) is 21.6 Å². The zero-order valence-electron chi connectivity index (χ0n) is 14.6. The number of benzene rings is 2. The molecule has 0 atom stereocenters. The van der Waals surface area contributed by atoms with Gasteiger partial charge in [0.1, 0.15) is 5.82 Å². The van der Waals surface area contributed by atoms with Gasteiger partial charge in [-0.3, -0.25) is 4.79 Å². The Hall–Kier alpha value is -3.06. The minimum absolute atomic E-state index is 0.105. The molecular weight excluding hydrogens is 363 g/mol. The van der Waals surface area contributed by atoms with Crippen molar-refractivity contribution in [3.63, 3.8) is 0 Å². The van der Waals surface area contributed by atoms with Crippen LogP contribution in [0, 0.1) is 12.7 Å². The number of fused-ring (bicyclic) bond motifs is 1. The van der Waals surface area contributed by atoms with E-state index in [0.717, 1.165) is 11.3 Å². The molecule has 0 bridgehead atoms. The lowest BCUT2D eigenvalue weighted by atomic mass is 10.1. The number of hydrogen-bond acceptors (Lipinski definition) is 4. The second-order valence-electron chi connectivity index (χ2n) is 6.21. The molecule has 0 saturated heterocycles. The van der Waals surface area contributed by atoms with Crippen LogP contribution in [0.25, 0.3) is 16.3 Å². The highest BCUT2D eigenvalue weighted by Gasteiger charge is 2.14. The van der Waals surface area contributed by atoms with Crippen molar-refractivity contribution in [2.24, 2.45) is 0 Å². The lowest BCUT2D eigenvalue weighted by Crippen LogP contribution is -2.25. The molecule has 0 aliphatic rings. The number of carbonyl (C=O) groups excluding carboxylic acids is 1. The first-order chi connectivity index (χ1) is 13.1. The number of amides is 1. The van der Waals surface area contributed by atoms with Crippen molar-refractivity contribution in [2.45, 2.75) is 13.3 Å². The van der Waals surface area contributed by atoms with Gasteiger partial charge in [-0.05, 0) is 31.2 Å². The molecule has 5 nitrogen and oxygen atoms in total. The maximum atomic E-state index is 14.0. The Kier molecular flexibility index (Phi) is 4.68. The van der Waals surface area contributed by atoms with Crippen LogP contribution < -0.4 is 5.32 Å². The summed E-state index contributed by atoms with van der Waals surface area (Å²) in [5.41, 5.74) is 3.06. The van der Waals surface area contributed by atoms with Crippen molar-refractivity contribution in [2.75, 3.05) is 6.54 Å². The summed E-state index contributed by atoms with van der Waals surface area (Å²) in [7, 11) is 0. The number of rotatable bonds is 5. The molecule has 1 N–H and O–H groups in total. The lowest BCUT2D eigenvalue weighted by Gasteiger charge is -2.05. The summed E-state index contributed by atoms with van der Waals surface area (Å²) in [6.07, 6.45) is 0.609. The second-order valence-corrected chi connectivity index (χ2v) is 7.05. The van der Waals surface area contributed by atoms with Crippen molar-refractivity contribution in [3.8, 4) is 11.4 Å². The Bertz CT molecular complexity index is 1100. The molecule has 0 saturated carbocycles. The van der Waals surface area contributed by atoms with Gasteiger partial charge in [0.2, 0.25) is 4.96 Å². The molecular formula is C20H17FN4OS. The van der Waals surface area contributed by atoms with Crippen LogP contribution in [0.2, 0.25) is 0 Å². The van der Waals surface area contributed by atoms with E-state index in [4.69, 9.17) is 0 Å². The van der Waals surface area contributed by atoms with Gasteiger partial charge in [-0.15, -0.1) is 16.4 Å². The summed E-state index contributed by atoms with van der Waals surface area (Å²) in [5, 5.41) is 9.30. The average Bonchev–Trinajstić information content (AvgIpc) is 3.24. The van der Waals surface area contributed by atoms with Gasteiger partial charge in [-0.2, -0.15) is 4.98 Å². The highest BCUT2D eigenvalue weighted by molar-refractivity contribution is 7.15. The van der Waals surface area contributed by atoms with Gasteiger partial charge >= 0.3 is 0 Å². The molecule has 4 aromatic rings. The van der Waals surface area contributed by atoms with Crippen LogP contribution >= 0.6 is 11.3 Å². The van der Waals surface area contributed by atoms with E-state index < -0.39 is 0 Å². The third kappa shape index (κ3) is 3.59. The number of hydrogen-bond donors (Lipinski definition) is 1. The third-order valence-electron chi connectivity index (χ3n) is 4.25. The van der Waals surface area contributed by atoms with Gasteiger partial charge in [-0.1, -0.05) is 29.8 Å². The zero-order chi connectivity index (χ0) is 18.8. The minimum atomic E-state index is -0.345. The summed E-state index contributed by atoms with van der Waals surface area (Å²) < 4.78 is 15.7. The first kappa shape index (κ1) is 17.4. The van der Waals surface area contributed by atoms with Crippen LogP contribution in [0.15, 0.2) is 53.9 Å². The summed E-state index contributed by atoms with van der Waals surface area (Å²) in [6.45, 7) is 2.46. The van der Waals surface area contributed by atoms with Crippen LogP contribution in [-0.4, -0.2) is 27.0 Å². The van der Waals surface area contributed by atoms with E-state index in [-0.39, 0.29) is 11.7 Å². The third-order valence-corrected chi connectivity index (χ3v) is 5.11. The summed E-state index contributed by atoms with van der Waals surface area (Å²) in [4.78, 5) is 17.3. The number of thiazole rings is 1. The molecule has 27 heavy (non-hydrogen) atoms. The van der Waals surface area contributed by atoms with Crippen LogP contribution in [0.5, 0.6) is 0 Å². The normalized spacial score (nSPS) is 11.0. The van der Waals surface area contributed by atoms with Crippen molar-refractivity contribution < 1.29 is 9.18 Å². The molecule has 0 aliphatic carbocycles. The molecule has 7 heteroatoms. The monoisotopic (exact) mass is 380 g/mol. The van der Waals surface area contributed by atoms with E-state index in [0.29, 0.717) is 34.9 Å². The maximum Gasteiger partial charge on any atom is 0.251 e. The molecule has 0 unspecified atom stereocenters. The fourth-order valence-electron chi connectivity index (χ4n) is 2.76. The molecule has 2 aromatic carbocycles. The number of aryl methyl sites for hydroxylation is 1. The van der Waals surface area contributed by atoms with Gasteiger partial charge in [0.25, 0.3) is 5.91 Å². The topological polar surface area (TPSA) is 59.3 Å². The molecule has 0 aliphatic heterocycles. The zero-order valence-corrected chi connectivity index (χ0v) is 15.5. The van der Waals surface area contributed by atoms with Crippen LogP contribution in [-0.2, 0) is 6.42 Å². The molecule has 4 rings (SSSR count). The van der Waals surface area contributed by atoms with Gasteiger partial charge in [-0.25, -0.2) is 8.91 Å². The molecule has 2 aromatic heterocycles. The Labute approximate surface area is 159 Å². The standard InChI is InChI=1S/C20H17FN4OS/c1-13-6-8-14(9-7-13)19(26)22-11-10-15-12-27-20-23-18(24-25(15)20)16-4-2-3-5-17(16)21/h2-9,12H,10-11H2,1H3,(H,22,26). The molecule has 0 radical (unpaired) electrons. The summed E-state index contributed by atoms with van der Waals surface area (Å²) in [6, 6.07) is 13.9. The van der Waals surface area contributed by atoms with Crippen molar-refractivity contribution >= 4 is 22.2 Å². The van der Waals surface area contributed by atoms with Crippen molar-refractivity contribution in [1.82, 2.24) is 19.9 Å². The first-order valence-electron chi connectivity index (χ1n) is 8.55. The van der Waals surface area contributed by atoms with E-state index in [1.165, 1.54) is 17.4 Å². The maximum absolute atomic E-state index is 14.0. The van der Waals surface area contributed by atoms with E-state index >= 15 is 0 Å². The van der Waals surface area contributed by atoms with Crippen molar-refractivity contribution in [3.05, 3.63) is 76.5 Å². The Balaban J connectivity index is 1.46. The van der Waals surface area contributed by atoms with Crippen LogP contribution in [0.3, 0.4) is 0 Å². The van der Waals surface area contributed by atoms with E-state index in [2.05, 4.69) is 15.4 Å². The predicted molar refractivity (Wildman–Crippen MR) is 103 cm³/mol. The summed E-state index contributed by atoms with van der Waals surface area (Å²) >= 11 is 1.45. The van der Waals surface area contributed by atoms with Gasteiger partial charge in [0.05, 0.1) is 11.3 Å². The largest absolute Gasteiger partial charge is 0.352 e. The fourth-order valence-corrected chi connectivity index (χ4v) is 3.62. The summed E-state index contributed by atoms with van der Waals surface area (Å²) in [5.74, 6) is -0.0836. The SMILES string of the molecule is Cc1ccc(C(=O)NCCc2csc3nc(-c4ccccc4F)nn23)cc1. The van der Waals surface area contributed by atoms with E-state index in [1.54, 1.807) is 22.7 Å². The van der Waals surface area contributed by atoms with Crippen LogP contribution in [0.4, 0.5) is 4.39 Å². The molecule has 136 valence electrons. The van der Waals surface area contributed by atoms with Gasteiger partial charge in [0, 0.05) is 23.9 Å². The first-order valence-corrected chi connectivity index (χ1v) is 9.43. The highest BCUT2D eigenvalue weighted by Crippen LogP contribution is 2.23. The molecule has 0 spiro atoms. The molecule has 1 amide bonds. The van der Waals surface area contributed by atoms with E-state index in [1.807, 2.05) is 36.6 Å². The number of aromatic nitrogens is 3. The highest BCUT2D eigenvalue weighted by atomic mass is 32.1. The van der Waals surface area contributed by atoms with Gasteiger partial charge in [0.15, 0.2) is 5.82 Å². The van der Waals surface area contributed by atoms with E-state index in [9.17, 15) is 9.18 Å². The Morgan fingerprint density at radius 2 is 1.96 bits per heavy atom. The van der Waals surface area contributed by atoms with Gasteiger partial charge < -0.3 is 5.32 Å². The fraction of sp³-hybridized carbons (Fsp3) is 0.150. The smallest absolute Gasteiger partial charge is 0.251 e.